The number of para-hydroxylation sites is 1. The maximum Gasteiger partial charge on any atom is 0.307 e. The maximum atomic E-state index is 10.6. The van der Waals surface area contributed by atoms with E-state index in [-0.39, 0.29) is 6.42 Å². The van der Waals surface area contributed by atoms with Crippen molar-refractivity contribution in [2.75, 3.05) is 5.32 Å². The molecule has 2 aromatic rings. The molecule has 0 heterocycles. The molecule has 0 bridgehead atoms. The highest BCUT2D eigenvalue weighted by molar-refractivity contribution is 6.33. The average Bonchev–Trinajstić information content (AvgIpc) is 2.34. The van der Waals surface area contributed by atoms with Gasteiger partial charge in [-0.25, -0.2) is 0 Å². The van der Waals surface area contributed by atoms with Gasteiger partial charge in [0.1, 0.15) is 0 Å². The van der Waals surface area contributed by atoms with E-state index in [1.54, 1.807) is 12.1 Å². The summed E-state index contributed by atoms with van der Waals surface area (Å²) in [5.41, 5.74) is 2.47. The number of aliphatic carboxylic acids is 1. The molecule has 0 saturated carbocycles. The van der Waals surface area contributed by atoms with Crippen molar-refractivity contribution >= 4 is 28.9 Å². The molecule has 0 unspecified atom stereocenters. The Labute approximate surface area is 110 Å². The van der Waals surface area contributed by atoms with Gasteiger partial charge in [0, 0.05) is 5.69 Å². The summed E-state index contributed by atoms with van der Waals surface area (Å²) in [7, 11) is 0. The number of anilines is 2. The second kappa shape index (κ2) is 5.56. The number of hydrogen-bond acceptors (Lipinski definition) is 2. The van der Waals surface area contributed by atoms with E-state index in [4.69, 9.17) is 16.7 Å². The van der Waals surface area contributed by atoms with E-state index in [0.29, 0.717) is 5.02 Å². The van der Waals surface area contributed by atoms with Gasteiger partial charge < -0.3 is 10.4 Å². The zero-order chi connectivity index (χ0) is 13.0. The van der Waals surface area contributed by atoms with Gasteiger partial charge in [0.2, 0.25) is 0 Å². The molecular weight excluding hydrogens is 250 g/mol. The number of carboxylic acids is 1. The Morgan fingerprint density at radius 2 is 1.78 bits per heavy atom. The lowest BCUT2D eigenvalue weighted by atomic mass is 10.1. The number of rotatable bonds is 4. The SMILES string of the molecule is O=C(O)Cc1ccc(Nc2ccccc2Cl)cc1. The predicted octanol–water partition coefficient (Wildman–Crippen LogP) is 3.71. The first-order valence-electron chi connectivity index (χ1n) is 5.47. The third-order valence-corrected chi connectivity index (χ3v) is 2.79. The van der Waals surface area contributed by atoms with Crippen LogP contribution in [0.5, 0.6) is 0 Å². The number of halogens is 1. The molecule has 0 fully saturated rings. The zero-order valence-electron chi connectivity index (χ0n) is 9.56. The summed E-state index contributed by atoms with van der Waals surface area (Å²) in [5.74, 6) is -0.832. The van der Waals surface area contributed by atoms with Gasteiger partial charge in [-0.2, -0.15) is 0 Å². The van der Waals surface area contributed by atoms with E-state index in [9.17, 15) is 4.79 Å². The average molecular weight is 262 g/mol. The molecule has 0 aliphatic rings. The van der Waals surface area contributed by atoms with Gasteiger partial charge in [-0.3, -0.25) is 4.79 Å². The van der Waals surface area contributed by atoms with E-state index in [1.807, 2.05) is 36.4 Å². The van der Waals surface area contributed by atoms with Crippen LogP contribution >= 0.6 is 11.6 Å². The zero-order valence-corrected chi connectivity index (χ0v) is 10.3. The molecule has 0 amide bonds. The standard InChI is InChI=1S/C14H12ClNO2/c15-12-3-1-2-4-13(12)16-11-7-5-10(6-8-11)9-14(17)18/h1-8,16H,9H2,(H,17,18). The summed E-state index contributed by atoms with van der Waals surface area (Å²) in [4.78, 5) is 10.6. The fourth-order valence-corrected chi connectivity index (χ4v) is 1.78. The minimum Gasteiger partial charge on any atom is -0.481 e. The Hall–Kier alpha value is -2.00. The fraction of sp³-hybridized carbons (Fsp3) is 0.0714. The Bertz CT molecular complexity index is 552. The topological polar surface area (TPSA) is 49.3 Å². The molecular formula is C14H12ClNO2. The number of hydrogen-bond donors (Lipinski definition) is 2. The Morgan fingerprint density at radius 3 is 2.39 bits per heavy atom. The number of nitrogens with one attached hydrogen (secondary N) is 1. The van der Waals surface area contributed by atoms with E-state index in [1.165, 1.54) is 0 Å². The third kappa shape index (κ3) is 3.25. The van der Waals surface area contributed by atoms with Crippen LogP contribution in [0.25, 0.3) is 0 Å². The van der Waals surface area contributed by atoms with Crippen LogP contribution in [0.1, 0.15) is 5.56 Å². The second-order valence-electron chi connectivity index (χ2n) is 3.87. The molecule has 2 aromatic carbocycles. The highest BCUT2D eigenvalue weighted by Crippen LogP contribution is 2.24. The van der Waals surface area contributed by atoms with Gasteiger partial charge >= 0.3 is 5.97 Å². The van der Waals surface area contributed by atoms with Gasteiger partial charge in [-0.1, -0.05) is 35.9 Å². The first kappa shape index (κ1) is 12.5. The van der Waals surface area contributed by atoms with Gasteiger partial charge in [0.15, 0.2) is 0 Å². The summed E-state index contributed by atoms with van der Waals surface area (Å²) in [6, 6.07) is 14.7. The van der Waals surface area contributed by atoms with Gasteiger partial charge in [-0.15, -0.1) is 0 Å². The first-order valence-corrected chi connectivity index (χ1v) is 5.85. The summed E-state index contributed by atoms with van der Waals surface area (Å²) >= 11 is 6.03. The van der Waals surface area contributed by atoms with Crippen molar-refractivity contribution < 1.29 is 9.90 Å². The molecule has 0 aliphatic heterocycles. The van der Waals surface area contributed by atoms with Crippen LogP contribution in [0.4, 0.5) is 11.4 Å². The minimum absolute atomic E-state index is 0.0341. The summed E-state index contributed by atoms with van der Waals surface area (Å²) < 4.78 is 0. The highest BCUT2D eigenvalue weighted by Gasteiger charge is 2.02. The lowest BCUT2D eigenvalue weighted by molar-refractivity contribution is -0.136. The van der Waals surface area contributed by atoms with Crippen molar-refractivity contribution in [1.29, 1.82) is 0 Å². The normalized spacial score (nSPS) is 10.1. The quantitative estimate of drug-likeness (QED) is 0.882. The van der Waals surface area contributed by atoms with Crippen LogP contribution in [0, 0.1) is 0 Å². The molecule has 0 aliphatic carbocycles. The number of carboxylic acid groups (broad SMARTS) is 1. The molecule has 3 nitrogen and oxygen atoms in total. The lowest BCUT2D eigenvalue weighted by Crippen LogP contribution is -2.00. The van der Waals surface area contributed by atoms with E-state index >= 15 is 0 Å². The van der Waals surface area contributed by atoms with E-state index in [2.05, 4.69) is 5.32 Å². The minimum atomic E-state index is -0.832. The number of benzene rings is 2. The molecule has 0 radical (unpaired) electrons. The lowest BCUT2D eigenvalue weighted by Gasteiger charge is -2.08. The van der Waals surface area contributed by atoms with Crippen LogP contribution < -0.4 is 5.32 Å². The van der Waals surface area contributed by atoms with Crippen molar-refractivity contribution in [3.05, 3.63) is 59.1 Å². The van der Waals surface area contributed by atoms with Gasteiger partial charge in [0.25, 0.3) is 0 Å². The third-order valence-electron chi connectivity index (χ3n) is 2.46. The van der Waals surface area contributed by atoms with Crippen molar-refractivity contribution in [3.63, 3.8) is 0 Å². The highest BCUT2D eigenvalue weighted by atomic mass is 35.5. The molecule has 4 heteroatoms. The van der Waals surface area contributed by atoms with Crippen molar-refractivity contribution in [1.82, 2.24) is 0 Å². The maximum absolute atomic E-state index is 10.6. The van der Waals surface area contributed by atoms with Gasteiger partial charge in [0.05, 0.1) is 17.1 Å². The van der Waals surface area contributed by atoms with Crippen LogP contribution in [0.3, 0.4) is 0 Å². The number of carbonyl (C=O) groups is 1. The summed E-state index contributed by atoms with van der Waals surface area (Å²) in [5, 5.41) is 12.5. The van der Waals surface area contributed by atoms with Crippen molar-refractivity contribution in [2.45, 2.75) is 6.42 Å². The second-order valence-corrected chi connectivity index (χ2v) is 4.28. The van der Waals surface area contributed by atoms with Crippen molar-refractivity contribution in [2.24, 2.45) is 0 Å². The van der Waals surface area contributed by atoms with Crippen LogP contribution in [-0.4, -0.2) is 11.1 Å². The molecule has 0 aromatic heterocycles. The molecule has 92 valence electrons. The van der Waals surface area contributed by atoms with Crippen LogP contribution in [0.15, 0.2) is 48.5 Å². The van der Waals surface area contributed by atoms with E-state index < -0.39 is 5.97 Å². The Morgan fingerprint density at radius 1 is 1.11 bits per heavy atom. The first-order chi connectivity index (χ1) is 8.65. The predicted molar refractivity (Wildman–Crippen MR) is 72.5 cm³/mol. The molecule has 2 rings (SSSR count). The summed E-state index contributed by atoms with van der Waals surface area (Å²) in [6.07, 6.45) is 0.0341. The Kier molecular flexibility index (Phi) is 3.85. The smallest absolute Gasteiger partial charge is 0.307 e. The molecule has 0 atom stereocenters. The van der Waals surface area contributed by atoms with Crippen molar-refractivity contribution in [3.8, 4) is 0 Å². The van der Waals surface area contributed by atoms with E-state index in [0.717, 1.165) is 16.9 Å². The molecule has 0 spiro atoms. The fourth-order valence-electron chi connectivity index (χ4n) is 1.60. The van der Waals surface area contributed by atoms with Gasteiger partial charge in [-0.05, 0) is 29.8 Å². The van der Waals surface area contributed by atoms with Crippen LogP contribution in [0.2, 0.25) is 5.02 Å². The molecule has 18 heavy (non-hydrogen) atoms. The Balaban J connectivity index is 2.11. The molecule has 0 saturated heterocycles. The largest absolute Gasteiger partial charge is 0.481 e. The molecule has 2 N–H and O–H groups in total. The summed E-state index contributed by atoms with van der Waals surface area (Å²) in [6.45, 7) is 0. The monoisotopic (exact) mass is 261 g/mol. The van der Waals surface area contributed by atoms with Crippen LogP contribution in [-0.2, 0) is 11.2 Å².